The predicted octanol–water partition coefficient (Wildman–Crippen LogP) is 3.13. The topological polar surface area (TPSA) is 46.2 Å². The average Bonchev–Trinajstić information content (AvgIpc) is 2.12. The molecule has 0 aromatic heterocycles. The van der Waals surface area contributed by atoms with Crippen LogP contribution in [0.25, 0.3) is 0 Å². The molecule has 6 heteroatoms. The molecule has 1 aromatic rings. The van der Waals surface area contributed by atoms with Gasteiger partial charge in [0, 0.05) is 16.0 Å². The summed E-state index contributed by atoms with van der Waals surface area (Å²) in [6, 6.07) is 5.42. The minimum absolute atomic E-state index is 0.0437. The van der Waals surface area contributed by atoms with Crippen molar-refractivity contribution in [3.63, 3.8) is 0 Å². The summed E-state index contributed by atoms with van der Waals surface area (Å²) in [6.45, 7) is 1.90. The summed E-state index contributed by atoms with van der Waals surface area (Å²) < 4.78 is 26.6. The molecule has 0 saturated carbocycles. The van der Waals surface area contributed by atoms with Crippen LogP contribution in [0.15, 0.2) is 22.7 Å². The summed E-state index contributed by atoms with van der Waals surface area (Å²) in [4.78, 5) is 0. The van der Waals surface area contributed by atoms with Gasteiger partial charge in [-0.1, -0.05) is 15.9 Å². The lowest BCUT2D eigenvalue weighted by atomic mass is 10.2. The van der Waals surface area contributed by atoms with Crippen LogP contribution in [-0.2, 0) is 10.0 Å². The highest BCUT2D eigenvalue weighted by atomic mass is 79.9. The maximum atomic E-state index is 11.6. The van der Waals surface area contributed by atoms with Crippen LogP contribution in [0.5, 0.6) is 0 Å². The molecule has 0 heterocycles. The smallest absolute Gasteiger partial charge is 0.232 e. The van der Waals surface area contributed by atoms with Crippen LogP contribution in [0, 0.1) is 6.92 Å². The first-order valence-electron chi connectivity index (χ1n) is 4.76. The quantitative estimate of drug-likeness (QED) is 0.845. The number of anilines is 1. The van der Waals surface area contributed by atoms with Crippen molar-refractivity contribution in [1.29, 1.82) is 0 Å². The Morgan fingerprint density at radius 1 is 1.38 bits per heavy atom. The Kier molecular flexibility index (Phi) is 5.08. The first kappa shape index (κ1) is 13.8. The highest BCUT2D eigenvalue weighted by Gasteiger charge is 2.10. The Morgan fingerprint density at radius 3 is 2.62 bits per heavy atom. The van der Waals surface area contributed by atoms with Crippen molar-refractivity contribution in [1.82, 2.24) is 0 Å². The van der Waals surface area contributed by atoms with E-state index in [1.807, 2.05) is 13.0 Å². The maximum Gasteiger partial charge on any atom is 0.232 e. The van der Waals surface area contributed by atoms with Crippen LogP contribution >= 0.6 is 27.5 Å². The fraction of sp³-hybridized carbons (Fsp3) is 0.400. The van der Waals surface area contributed by atoms with Crippen LogP contribution in [0.3, 0.4) is 0 Å². The van der Waals surface area contributed by atoms with Gasteiger partial charge in [0.1, 0.15) is 0 Å². The molecule has 3 nitrogen and oxygen atoms in total. The van der Waals surface area contributed by atoms with E-state index in [9.17, 15) is 8.42 Å². The van der Waals surface area contributed by atoms with Crippen LogP contribution in [0.1, 0.15) is 12.0 Å². The van der Waals surface area contributed by atoms with Gasteiger partial charge in [-0.15, -0.1) is 11.6 Å². The van der Waals surface area contributed by atoms with Crippen LogP contribution in [0.2, 0.25) is 0 Å². The number of sulfonamides is 1. The van der Waals surface area contributed by atoms with Gasteiger partial charge in [0.2, 0.25) is 10.0 Å². The highest BCUT2D eigenvalue weighted by Crippen LogP contribution is 2.20. The van der Waals surface area contributed by atoms with Crippen molar-refractivity contribution in [3.8, 4) is 0 Å². The molecule has 0 bridgehead atoms. The van der Waals surface area contributed by atoms with E-state index in [1.54, 1.807) is 12.1 Å². The monoisotopic (exact) mass is 325 g/mol. The van der Waals surface area contributed by atoms with Crippen molar-refractivity contribution >= 4 is 43.2 Å². The van der Waals surface area contributed by atoms with Crippen molar-refractivity contribution in [2.24, 2.45) is 0 Å². The van der Waals surface area contributed by atoms with Crippen LogP contribution < -0.4 is 4.72 Å². The molecule has 0 fully saturated rings. The summed E-state index contributed by atoms with van der Waals surface area (Å²) in [5, 5.41) is 0. The molecule has 16 heavy (non-hydrogen) atoms. The molecule has 0 saturated heterocycles. The second-order valence-electron chi connectivity index (χ2n) is 3.48. The summed E-state index contributed by atoms with van der Waals surface area (Å²) >= 11 is 8.78. The number of halogens is 2. The zero-order chi connectivity index (χ0) is 12.2. The average molecular weight is 327 g/mol. The number of aryl methyl sites for hydroxylation is 1. The van der Waals surface area contributed by atoms with Gasteiger partial charge in [-0.2, -0.15) is 0 Å². The van der Waals surface area contributed by atoms with Crippen LogP contribution in [-0.4, -0.2) is 20.1 Å². The molecular weight excluding hydrogens is 314 g/mol. The largest absolute Gasteiger partial charge is 0.284 e. The molecule has 0 spiro atoms. The lowest BCUT2D eigenvalue weighted by molar-refractivity contribution is 0.600. The lowest BCUT2D eigenvalue weighted by Gasteiger charge is -2.08. The normalized spacial score (nSPS) is 11.4. The maximum absolute atomic E-state index is 11.6. The van der Waals surface area contributed by atoms with Gasteiger partial charge in [-0.25, -0.2) is 8.42 Å². The Bertz CT molecular complexity index is 442. The van der Waals surface area contributed by atoms with E-state index in [4.69, 9.17) is 11.6 Å². The van der Waals surface area contributed by atoms with Crippen molar-refractivity contribution < 1.29 is 8.42 Å². The molecular formula is C10H13BrClNO2S. The number of rotatable bonds is 5. The Morgan fingerprint density at radius 2 is 2.06 bits per heavy atom. The van der Waals surface area contributed by atoms with Gasteiger partial charge in [-0.3, -0.25) is 4.72 Å². The van der Waals surface area contributed by atoms with Gasteiger partial charge in [0.25, 0.3) is 0 Å². The summed E-state index contributed by atoms with van der Waals surface area (Å²) in [5.74, 6) is 0.389. The second-order valence-corrected chi connectivity index (χ2v) is 6.62. The zero-order valence-corrected chi connectivity index (χ0v) is 12.0. The number of hydrogen-bond acceptors (Lipinski definition) is 2. The van der Waals surface area contributed by atoms with Crippen molar-refractivity contribution in [2.45, 2.75) is 13.3 Å². The molecule has 90 valence electrons. The minimum atomic E-state index is -3.29. The number of alkyl halides is 1. The number of benzene rings is 1. The lowest BCUT2D eigenvalue weighted by Crippen LogP contribution is -2.17. The molecule has 0 aliphatic heterocycles. The van der Waals surface area contributed by atoms with Gasteiger partial charge in [-0.05, 0) is 37.1 Å². The van der Waals surface area contributed by atoms with Gasteiger partial charge in [0.15, 0.2) is 0 Å². The summed E-state index contributed by atoms with van der Waals surface area (Å²) in [5.41, 5.74) is 1.56. The van der Waals surface area contributed by atoms with Crippen molar-refractivity contribution in [2.75, 3.05) is 16.4 Å². The molecule has 0 aliphatic carbocycles. The fourth-order valence-corrected chi connectivity index (χ4v) is 3.27. The number of hydrogen-bond donors (Lipinski definition) is 1. The third-order valence-corrected chi connectivity index (χ3v) is 3.96. The minimum Gasteiger partial charge on any atom is -0.284 e. The zero-order valence-electron chi connectivity index (χ0n) is 8.83. The number of nitrogens with one attached hydrogen (secondary N) is 1. The van der Waals surface area contributed by atoms with Gasteiger partial charge >= 0.3 is 0 Å². The third-order valence-electron chi connectivity index (χ3n) is 1.86. The first-order chi connectivity index (χ1) is 7.43. The van der Waals surface area contributed by atoms with Gasteiger partial charge < -0.3 is 0 Å². The van der Waals surface area contributed by atoms with E-state index in [1.165, 1.54) is 0 Å². The van der Waals surface area contributed by atoms with E-state index in [0.29, 0.717) is 18.0 Å². The molecule has 1 rings (SSSR count). The molecule has 0 atom stereocenters. The standard InChI is InChI=1S/C10H13BrClNO2S/c1-8-5-9(11)7-10(6-8)13-16(14,15)4-2-3-12/h5-7,13H,2-4H2,1H3. The molecule has 1 N–H and O–H groups in total. The Hall–Kier alpha value is -0.260. The molecule has 1 aromatic carbocycles. The molecule has 0 amide bonds. The first-order valence-corrected chi connectivity index (χ1v) is 7.74. The molecule has 0 aliphatic rings. The highest BCUT2D eigenvalue weighted by molar-refractivity contribution is 9.10. The SMILES string of the molecule is Cc1cc(Br)cc(NS(=O)(=O)CCCCl)c1. The second kappa shape index (κ2) is 5.89. The molecule has 0 radical (unpaired) electrons. The van der Waals surface area contributed by atoms with E-state index in [2.05, 4.69) is 20.7 Å². The predicted molar refractivity (Wildman–Crippen MR) is 71.6 cm³/mol. The Labute approximate surface area is 109 Å². The fourth-order valence-electron chi connectivity index (χ4n) is 1.27. The summed E-state index contributed by atoms with van der Waals surface area (Å²) in [7, 11) is -3.29. The van der Waals surface area contributed by atoms with Gasteiger partial charge in [0.05, 0.1) is 5.75 Å². The van der Waals surface area contributed by atoms with E-state index < -0.39 is 10.0 Å². The van der Waals surface area contributed by atoms with E-state index in [0.717, 1.165) is 10.0 Å². The summed E-state index contributed by atoms with van der Waals surface area (Å²) in [6.07, 6.45) is 0.448. The van der Waals surface area contributed by atoms with Crippen molar-refractivity contribution in [3.05, 3.63) is 28.2 Å². The molecule has 0 unspecified atom stereocenters. The van der Waals surface area contributed by atoms with E-state index >= 15 is 0 Å². The van der Waals surface area contributed by atoms with E-state index in [-0.39, 0.29) is 5.75 Å². The third kappa shape index (κ3) is 4.72. The van der Waals surface area contributed by atoms with Crippen LogP contribution in [0.4, 0.5) is 5.69 Å². The Balaban J connectivity index is 2.80.